The van der Waals surface area contributed by atoms with E-state index in [1.807, 2.05) is 24.3 Å². The van der Waals surface area contributed by atoms with Crippen LogP contribution in [0, 0.1) is 0 Å². The summed E-state index contributed by atoms with van der Waals surface area (Å²) in [6.07, 6.45) is 3.39. The maximum atomic E-state index is 12.5. The number of nitrogens with one attached hydrogen (secondary N) is 1. The highest BCUT2D eigenvalue weighted by Gasteiger charge is 2.20. The van der Waals surface area contributed by atoms with E-state index in [4.69, 9.17) is 9.47 Å². The molecule has 128 valence electrons. The number of nitrogens with zero attached hydrogens (tertiary/aromatic N) is 2. The Morgan fingerprint density at radius 1 is 1.33 bits per heavy atom. The van der Waals surface area contributed by atoms with Gasteiger partial charge in [-0.25, -0.2) is 4.98 Å². The minimum Gasteiger partial charge on any atom is -0.481 e. The van der Waals surface area contributed by atoms with Crippen molar-refractivity contribution in [3.63, 3.8) is 0 Å². The molecule has 0 radical (unpaired) electrons. The average Bonchev–Trinajstić information content (AvgIpc) is 2.63. The third-order valence-corrected chi connectivity index (χ3v) is 5.70. The van der Waals surface area contributed by atoms with Crippen LogP contribution in [0.1, 0.15) is 18.4 Å². The van der Waals surface area contributed by atoms with Gasteiger partial charge in [0.15, 0.2) is 0 Å². The Labute approximate surface area is 144 Å². The molecule has 1 fully saturated rings. The maximum Gasteiger partial charge on any atom is 0.230 e. The van der Waals surface area contributed by atoms with Crippen LogP contribution in [0.25, 0.3) is 0 Å². The van der Waals surface area contributed by atoms with Gasteiger partial charge in [-0.05, 0) is 30.5 Å². The molecular formula is C17H21N3O3S. The van der Waals surface area contributed by atoms with E-state index in [0.717, 1.165) is 24.1 Å². The van der Waals surface area contributed by atoms with E-state index >= 15 is 0 Å². The summed E-state index contributed by atoms with van der Waals surface area (Å²) in [5.74, 6) is 1.53. The van der Waals surface area contributed by atoms with Crippen molar-refractivity contribution < 1.29 is 13.7 Å². The van der Waals surface area contributed by atoms with Crippen molar-refractivity contribution in [2.24, 2.45) is 0 Å². The van der Waals surface area contributed by atoms with Crippen LogP contribution in [0.15, 0.2) is 36.5 Å². The Balaban J connectivity index is 1.66. The summed E-state index contributed by atoms with van der Waals surface area (Å²) >= 11 is 0. The van der Waals surface area contributed by atoms with Crippen LogP contribution in [0.2, 0.25) is 0 Å². The largest absolute Gasteiger partial charge is 0.481 e. The number of hydrogen-bond acceptors (Lipinski definition) is 6. The number of benzene rings is 1. The number of hydrogen-bond donors (Lipinski definition) is 1. The predicted molar refractivity (Wildman–Crippen MR) is 94.0 cm³/mol. The van der Waals surface area contributed by atoms with Gasteiger partial charge < -0.3 is 14.8 Å². The summed E-state index contributed by atoms with van der Waals surface area (Å²) in [5.41, 5.74) is 1.90. The van der Waals surface area contributed by atoms with Gasteiger partial charge >= 0.3 is 0 Å². The molecule has 1 aliphatic rings. The molecule has 1 atom stereocenters. The van der Waals surface area contributed by atoms with Crippen molar-refractivity contribution in [2.75, 3.05) is 25.6 Å². The molecule has 1 N–H and O–H groups in total. The first kappa shape index (κ1) is 16.9. The molecule has 0 spiro atoms. The van der Waals surface area contributed by atoms with Crippen LogP contribution in [0.5, 0.6) is 5.88 Å². The Hall–Kier alpha value is -1.99. The first-order valence-corrected chi connectivity index (χ1v) is 9.31. The Morgan fingerprint density at radius 2 is 2.17 bits per heavy atom. The molecule has 0 aliphatic carbocycles. The summed E-state index contributed by atoms with van der Waals surface area (Å²) in [5, 5.41) is 3.38. The second-order valence-corrected chi connectivity index (χ2v) is 7.30. The number of anilines is 2. The van der Waals surface area contributed by atoms with E-state index < -0.39 is 10.8 Å². The van der Waals surface area contributed by atoms with Crippen molar-refractivity contribution in [2.45, 2.75) is 23.8 Å². The SMILES string of the molecule is COc1ccnc(Nc2cccc(CS(=O)C3CCOCC3)c2)n1. The van der Waals surface area contributed by atoms with Gasteiger partial charge in [0.05, 0.1) is 7.11 Å². The smallest absolute Gasteiger partial charge is 0.230 e. The molecule has 1 aromatic carbocycles. The second-order valence-electron chi connectivity index (χ2n) is 5.58. The highest BCUT2D eigenvalue weighted by Crippen LogP contribution is 2.20. The summed E-state index contributed by atoms with van der Waals surface area (Å²) in [7, 11) is 0.692. The molecule has 1 unspecified atom stereocenters. The molecule has 0 amide bonds. The zero-order chi connectivity index (χ0) is 16.8. The van der Waals surface area contributed by atoms with Crippen LogP contribution in [-0.4, -0.2) is 39.8 Å². The van der Waals surface area contributed by atoms with E-state index in [-0.39, 0.29) is 5.25 Å². The molecule has 1 saturated heterocycles. The van der Waals surface area contributed by atoms with Gasteiger partial charge in [-0.3, -0.25) is 4.21 Å². The molecular weight excluding hydrogens is 326 g/mol. The standard InChI is InChI=1S/C17H21N3O3S/c1-22-16-5-8-18-17(20-16)19-14-4-2-3-13(11-14)12-24(21)15-6-9-23-10-7-15/h2-5,8,11,15H,6-7,9-10,12H2,1H3,(H,18,19,20). The van der Waals surface area contributed by atoms with Crippen LogP contribution >= 0.6 is 0 Å². The Bertz CT molecular complexity index is 705. The second kappa shape index (κ2) is 8.21. The highest BCUT2D eigenvalue weighted by atomic mass is 32.2. The lowest BCUT2D eigenvalue weighted by molar-refractivity contribution is 0.0992. The maximum absolute atomic E-state index is 12.5. The molecule has 1 aliphatic heterocycles. The first-order chi connectivity index (χ1) is 11.7. The third kappa shape index (κ3) is 4.52. The zero-order valence-electron chi connectivity index (χ0n) is 13.6. The van der Waals surface area contributed by atoms with Gasteiger partial charge in [-0.15, -0.1) is 0 Å². The van der Waals surface area contributed by atoms with Gasteiger partial charge in [0.25, 0.3) is 0 Å². The fourth-order valence-electron chi connectivity index (χ4n) is 2.60. The third-order valence-electron chi connectivity index (χ3n) is 3.87. The van der Waals surface area contributed by atoms with Crippen molar-refractivity contribution >= 4 is 22.4 Å². The lowest BCUT2D eigenvalue weighted by atomic mass is 10.2. The molecule has 24 heavy (non-hydrogen) atoms. The van der Waals surface area contributed by atoms with E-state index in [9.17, 15) is 4.21 Å². The van der Waals surface area contributed by atoms with Crippen molar-refractivity contribution in [1.29, 1.82) is 0 Å². The minimum atomic E-state index is -0.876. The normalized spacial score (nSPS) is 16.5. The summed E-state index contributed by atoms with van der Waals surface area (Å²) in [6, 6.07) is 9.55. The molecule has 7 heteroatoms. The van der Waals surface area contributed by atoms with E-state index in [1.165, 1.54) is 0 Å². The molecule has 1 aromatic heterocycles. The highest BCUT2D eigenvalue weighted by molar-refractivity contribution is 7.84. The van der Waals surface area contributed by atoms with Gasteiger partial charge in [0, 0.05) is 53.0 Å². The summed E-state index contributed by atoms with van der Waals surface area (Å²) in [6.45, 7) is 1.43. The molecule has 0 saturated carbocycles. The quantitative estimate of drug-likeness (QED) is 0.866. The fraction of sp³-hybridized carbons (Fsp3) is 0.412. The number of rotatable bonds is 6. The lowest BCUT2D eigenvalue weighted by Crippen LogP contribution is -2.25. The van der Waals surface area contributed by atoms with Crippen molar-refractivity contribution in [1.82, 2.24) is 9.97 Å². The average molecular weight is 347 g/mol. The number of methoxy groups -OCH3 is 1. The van der Waals surface area contributed by atoms with Gasteiger partial charge in [0.2, 0.25) is 11.8 Å². The topological polar surface area (TPSA) is 73.3 Å². The minimum absolute atomic E-state index is 0.233. The molecule has 0 bridgehead atoms. The van der Waals surface area contributed by atoms with Gasteiger partial charge in [0.1, 0.15) is 0 Å². The van der Waals surface area contributed by atoms with Crippen LogP contribution in [0.4, 0.5) is 11.6 Å². The van der Waals surface area contributed by atoms with Crippen LogP contribution < -0.4 is 10.1 Å². The number of ether oxygens (including phenoxy) is 2. The van der Waals surface area contributed by atoms with Gasteiger partial charge in [-0.2, -0.15) is 4.98 Å². The van der Waals surface area contributed by atoms with Crippen LogP contribution in [0.3, 0.4) is 0 Å². The van der Waals surface area contributed by atoms with Gasteiger partial charge in [-0.1, -0.05) is 12.1 Å². The van der Waals surface area contributed by atoms with Crippen LogP contribution in [-0.2, 0) is 21.3 Å². The van der Waals surface area contributed by atoms with Crippen molar-refractivity contribution in [3.8, 4) is 5.88 Å². The monoisotopic (exact) mass is 347 g/mol. The zero-order valence-corrected chi connectivity index (χ0v) is 14.4. The molecule has 2 aromatic rings. The van der Waals surface area contributed by atoms with E-state index in [0.29, 0.717) is 30.8 Å². The molecule has 6 nitrogen and oxygen atoms in total. The summed E-state index contributed by atoms with van der Waals surface area (Å²) in [4.78, 5) is 8.40. The Kier molecular flexibility index (Phi) is 5.77. The predicted octanol–water partition coefficient (Wildman–Crippen LogP) is 2.66. The summed E-state index contributed by atoms with van der Waals surface area (Å²) < 4.78 is 22.9. The van der Waals surface area contributed by atoms with Crippen molar-refractivity contribution in [3.05, 3.63) is 42.1 Å². The Morgan fingerprint density at radius 3 is 2.96 bits per heavy atom. The lowest BCUT2D eigenvalue weighted by Gasteiger charge is -2.21. The van der Waals surface area contributed by atoms with E-state index in [2.05, 4.69) is 15.3 Å². The van der Waals surface area contributed by atoms with E-state index in [1.54, 1.807) is 19.4 Å². The fourth-order valence-corrected chi connectivity index (χ4v) is 4.07. The molecule has 2 heterocycles. The molecule has 3 rings (SSSR count). The first-order valence-electron chi connectivity index (χ1n) is 7.92. The number of aromatic nitrogens is 2.